The molecule has 1 spiro atoms. The number of rotatable bonds is 6. The van der Waals surface area contributed by atoms with Crippen LogP contribution in [0, 0.1) is 0 Å². The molecule has 0 saturated carbocycles. The first-order chi connectivity index (χ1) is 26.5. The molecule has 0 aliphatic heterocycles. The van der Waals surface area contributed by atoms with E-state index in [1.165, 1.54) is 83.7 Å². The number of benzene rings is 7. The van der Waals surface area contributed by atoms with Crippen LogP contribution in [-0.4, -0.2) is 6.04 Å². The Morgan fingerprint density at radius 1 is 0.519 bits per heavy atom. The highest BCUT2D eigenvalue weighted by Gasteiger charge is 2.51. The number of allylic oxidation sites excluding steroid dienone is 3. The minimum absolute atomic E-state index is 0.0551. The third-order valence-corrected chi connectivity index (χ3v) is 12.4. The molecular formula is C53H43N. The van der Waals surface area contributed by atoms with Crippen LogP contribution in [0.4, 0.5) is 11.4 Å². The Hall–Kier alpha value is -6.18. The van der Waals surface area contributed by atoms with Crippen LogP contribution in [0.3, 0.4) is 0 Å². The molecule has 0 radical (unpaired) electrons. The van der Waals surface area contributed by atoms with Crippen LogP contribution in [0.1, 0.15) is 54.2 Å². The zero-order valence-electron chi connectivity index (χ0n) is 31.1. The topological polar surface area (TPSA) is 3.24 Å². The summed E-state index contributed by atoms with van der Waals surface area (Å²) in [5, 5.41) is 0. The molecule has 0 saturated heterocycles. The van der Waals surface area contributed by atoms with Crippen LogP contribution >= 0.6 is 0 Å². The predicted molar refractivity (Wildman–Crippen MR) is 227 cm³/mol. The molecule has 1 heteroatoms. The molecule has 1 nitrogen and oxygen atoms in total. The van der Waals surface area contributed by atoms with Gasteiger partial charge in [0.25, 0.3) is 0 Å². The second-order valence-corrected chi connectivity index (χ2v) is 15.6. The van der Waals surface area contributed by atoms with Crippen LogP contribution in [-0.2, 0) is 17.3 Å². The van der Waals surface area contributed by atoms with E-state index in [0.29, 0.717) is 0 Å². The molecule has 0 heterocycles. The van der Waals surface area contributed by atoms with E-state index >= 15 is 0 Å². The van der Waals surface area contributed by atoms with E-state index in [9.17, 15) is 0 Å². The maximum atomic E-state index is 2.54. The third kappa shape index (κ3) is 4.71. The van der Waals surface area contributed by atoms with E-state index < -0.39 is 0 Å². The number of para-hydroxylation sites is 1. The second-order valence-electron chi connectivity index (χ2n) is 15.6. The van der Waals surface area contributed by atoms with Gasteiger partial charge in [-0.1, -0.05) is 184 Å². The minimum Gasteiger partial charge on any atom is -0.334 e. The molecular weight excluding hydrogens is 651 g/mol. The van der Waals surface area contributed by atoms with Gasteiger partial charge >= 0.3 is 0 Å². The molecule has 0 amide bonds. The Balaban J connectivity index is 1.11. The summed E-state index contributed by atoms with van der Waals surface area (Å²) in [6.45, 7) is 7.07. The summed E-state index contributed by atoms with van der Waals surface area (Å²) in [5.41, 5.74) is 19.7. The van der Waals surface area contributed by atoms with E-state index in [1.54, 1.807) is 0 Å². The fraction of sp³-hybridized carbons (Fsp3) is 0.132. The van der Waals surface area contributed by atoms with E-state index in [-0.39, 0.29) is 16.9 Å². The smallest absolute Gasteiger partial charge is 0.0682 e. The summed E-state index contributed by atoms with van der Waals surface area (Å²) in [6, 6.07) is 63.0. The quantitative estimate of drug-likeness (QED) is 0.168. The van der Waals surface area contributed by atoms with Crippen molar-refractivity contribution in [3.05, 3.63) is 227 Å². The van der Waals surface area contributed by atoms with Crippen molar-refractivity contribution < 1.29 is 0 Å². The van der Waals surface area contributed by atoms with E-state index in [0.717, 1.165) is 6.42 Å². The lowest BCUT2D eigenvalue weighted by molar-refractivity contribution is 0.660. The van der Waals surface area contributed by atoms with Crippen LogP contribution in [0.2, 0.25) is 0 Å². The first kappa shape index (κ1) is 32.5. The third-order valence-electron chi connectivity index (χ3n) is 12.4. The molecule has 1 atom stereocenters. The standard InChI is InChI=1S/C53H43N/c1-36(18-17-22-39-34-38-21-7-12-27-46(38)53(39)48-29-14-9-25-43(48)44-26-10-15-30-49(44)53)54(51-31-16-11-23-41(51)37-19-5-4-6-20-37)40-32-33-45-42-24-8-13-28-47(42)52(2,3)50(45)35-40/h4-33,35-36H,34H2,1-3H3/b18-17-,39-22+. The van der Waals surface area contributed by atoms with Gasteiger partial charge in [0.15, 0.2) is 0 Å². The highest BCUT2D eigenvalue weighted by atomic mass is 15.2. The first-order valence-corrected chi connectivity index (χ1v) is 19.3. The van der Waals surface area contributed by atoms with Gasteiger partial charge in [-0.2, -0.15) is 0 Å². The Morgan fingerprint density at radius 2 is 1.06 bits per heavy atom. The highest BCUT2D eigenvalue weighted by Crippen LogP contribution is 2.60. The summed E-state index contributed by atoms with van der Waals surface area (Å²) < 4.78 is 0. The molecule has 0 bridgehead atoms. The van der Waals surface area contributed by atoms with Gasteiger partial charge in [-0.3, -0.25) is 0 Å². The molecule has 0 aromatic heterocycles. The average molecular weight is 694 g/mol. The monoisotopic (exact) mass is 693 g/mol. The summed E-state index contributed by atoms with van der Waals surface area (Å²) in [5.74, 6) is 0. The number of fused-ring (bicyclic) bond motifs is 10. The van der Waals surface area contributed by atoms with Gasteiger partial charge in [0.2, 0.25) is 0 Å². The van der Waals surface area contributed by atoms with Crippen LogP contribution in [0.25, 0.3) is 33.4 Å². The van der Waals surface area contributed by atoms with Gasteiger partial charge in [0, 0.05) is 28.4 Å². The first-order valence-electron chi connectivity index (χ1n) is 19.3. The minimum atomic E-state index is -0.294. The zero-order chi connectivity index (χ0) is 36.4. The van der Waals surface area contributed by atoms with Crippen LogP contribution in [0.15, 0.2) is 194 Å². The van der Waals surface area contributed by atoms with Gasteiger partial charge in [-0.15, -0.1) is 0 Å². The van der Waals surface area contributed by atoms with Gasteiger partial charge in [0.05, 0.1) is 5.41 Å². The van der Waals surface area contributed by atoms with Gasteiger partial charge in [-0.25, -0.2) is 0 Å². The fourth-order valence-corrected chi connectivity index (χ4v) is 10.0. The SMILES string of the molecule is CC(/C=C\C=C1/Cc2ccccc2C12c1ccccc1-c1ccccc12)N(c1ccc2c(c1)C(C)(C)c1ccccc1-2)c1ccccc1-c1ccccc1. The normalized spacial score (nSPS) is 16.5. The Kier molecular flexibility index (Phi) is 7.49. The molecule has 0 fully saturated rings. The summed E-state index contributed by atoms with van der Waals surface area (Å²) in [4.78, 5) is 2.54. The maximum Gasteiger partial charge on any atom is 0.0682 e. The summed E-state index contributed by atoms with van der Waals surface area (Å²) >= 11 is 0. The van der Waals surface area contributed by atoms with E-state index in [2.05, 4.69) is 214 Å². The number of hydrogen-bond acceptors (Lipinski definition) is 1. The molecule has 7 aromatic rings. The fourth-order valence-electron chi connectivity index (χ4n) is 10.0. The maximum absolute atomic E-state index is 2.54. The lowest BCUT2D eigenvalue weighted by atomic mass is 9.70. The van der Waals surface area contributed by atoms with E-state index in [1.807, 2.05) is 0 Å². The van der Waals surface area contributed by atoms with Crippen molar-refractivity contribution in [2.24, 2.45) is 0 Å². The largest absolute Gasteiger partial charge is 0.334 e. The molecule has 1 unspecified atom stereocenters. The Morgan fingerprint density at radius 3 is 1.76 bits per heavy atom. The lowest BCUT2D eigenvalue weighted by Crippen LogP contribution is -2.28. The van der Waals surface area contributed by atoms with Crippen LogP contribution in [0.5, 0.6) is 0 Å². The second kappa shape index (κ2) is 12.5. The summed E-state index contributed by atoms with van der Waals surface area (Å²) in [7, 11) is 0. The van der Waals surface area contributed by atoms with Gasteiger partial charge in [0.1, 0.15) is 0 Å². The van der Waals surface area contributed by atoms with Crippen LogP contribution < -0.4 is 4.90 Å². The number of hydrogen-bond donors (Lipinski definition) is 0. The predicted octanol–water partition coefficient (Wildman–Crippen LogP) is 13.2. The van der Waals surface area contributed by atoms with Crippen molar-refractivity contribution in [2.75, 3.05) is 4.90 Å². The van der Waals surface area contributed by atoms with Gasteiger partial charge < -0.3 is 4.90 Å². The van der Waals surface area contributed by atoms with Crippen molar-refractivity contribution >= 4 is 11.4 Å². The molecule has 3 aliphatic carbocycles. The molecule has 10 rings (SSSR count). The molecule has 3 aliphatic rings. The van der Waals surface area contributed by atoms with Crippen molar-refractivity contribution in [1.29, 1.82) is 0 Å². The Labute approximate surface area is 319 Å². The Bertz CT molecular complexity index is 2590. The van der Waals surface area contributed by atoms with E-state index in [4.69, 9.17) is 0 Å². The number of anilines is 2. The van der Waals surface area contributed by atoms with Crippen molar-refractivity contribution in [3.63, 3.8) is 0 Å². The molecule has 7 aromatic carbocycles. The summed E-state index contributed by atoms with van der Waals surface area (Å²) in [6.07, 6.45) is 8.09. The zero-order valence-corrected chi connectivity index (χ0v) is 31.1. The number of nitrogens with zero attached hydrogens (tertiary/aromatic N) is 1. The molecule has 260 valence electrons. The van der Waals surface area contributed by atoms with Gasteiger partial charge in [-0.05, 0) is 98.3 Å². The highest BCUT2D eigenvalue weighted by molar-refractivity contribution is 5.89. The lowest BCUT2D eigenvalue weighted by Gasteiger charge is -2.33. The molecule has 0 N–H and O–H groups in total. The van der Waals surface area contributed by atoms with Crippen molar-refractivity contribution in [1.82, 2.24) is 0 Å². The molecule has 54 heavy (non-hydrogen) atoms. The van der Waals surface area contributed by atoms with Crippen molar-refractivity contribution in [3.8, 4) is 33.4 Å². The average Bonchev–Trinajstić information content (AvgIpc) is 3.79. The van der Waals surface area contributed by atoms with Crippen molar-refractivity contribution in [2.45, 2.75) is 44.1 Å².